The molecule has 82 valence electrons. The van der Waals surface area contributed by atoms with Crippen LogP contribution < -0.4 is 5.32 Å². The van der Waals surface area contributed by atoms with Crippen molar-refractivity contribution >= 4 is 0 Å². The van der Waals surface area contributed by atoms with E-state index in [9.17, 15) is 0 Å². The standard InChI is InChI=1S/C13H15N3/c1-2-4-10(5-3-1)12-8-15-13(16-12)9-14-11-6-7-11/h1-5,8,11,14H,6-7,9H2,(H,15,16). The van der Waals surface area contributed by atoms with Crippen molar-refractivity contribution in [1.82, 2.24) is 15.3 Å². The summed E-state index contributed by atoms with van der Waals surface area (Å²) >= 11 is 0. The van der Waals surface area contributed by atoms with Crippen molar-refractivity contribution in [3.8, 4) is 11.3 Å². The van der Waals surface area contributed by atoms with Gasteiger partial charge in [-0.25, -0.2) is 4.98 Å². The van der Waals surface area contributed by atoms with Crippen molar-refractivity contribution in [3.05, 3.63) is 42.4 Å². The summed E-state index contributed by atoms with van der Waals surface area (Å²) in [5, 5.41) is 3.44. The Balaban J connectivity index is 1.71. The maximum absolute atomic E-state index is 4.37. The van der Waals surface area contributed by atoms with Gasteiger partial charge in [-0.1, -0.05) is 30.3 Å². The van der Waals surface area contributed by atoms with Gasteiger partial charge in [-0.2, -0.15) is 0 Å². The van der Waals surface area contributed by atoms with Crippen LogP contribution in [0.25, 0.3) is 11.3 Å². The maximum atomic E-state index is 4.37. The molecule has 3 nitrogen and oxygen atoms in total. The molecular weight excluding hydrogens is 198 g/mol. The predicted octanol–water partition coefficient (Wildman–Crippen LogP) is 2.33. The summed E-state index contributed by atoms with van der Waals surface area (Å²) in [6.07, 6.45) is 4.53. The summed E-state index contributed by atoms with van der Waals surface area (Å²) in [7, 11) is 0. The summed E-state index contributed by atoms with van der Waals surface area (Å²) in [6.45, 7) is 0.845. The average Bonchev–Trinajstić information content (AvgIpc) is 3.05. The topological polar surface area (TPSA) is 40.7 Å². The first kappa shape index (κ1) is 9.60. The lowest BCUT2D eigenvalue weighted by molar-refractivity contribution is 0.664. The van der Waals surface area contributed by atoms with Crippen LogP contribution in [0.3, 0.4) is 0 Å². The lowest BCUT2D eigenvalue weighted by atomic mass is 10.2. The number of nitrogens with one attached hydrogen (secondary N) is 2. The highest BCUT2D eigenvalue weighted by Crippen LogP contribution is 2.20. The van der Waals surface area contributed by atoms with Crippen molar-refractivity contribution in [2.75, 3.05) is 0 Å². The van der Waals surface area contributed by atoms with E-state index in [1.807, 2.05) is 24.4 Å². The minimum absolute atomic E-state index is 0.727. The van der Waals surface area contributed by atoms with Crippen LogP contribution in [0.2, 0.25) is 0 Å². The molecule has 0 radical (unpaired) electrons. The molecule has 3 rings (SSSR count). The van der Waals surface area contributed by atoms with E-state index in [0.717, 1.165) is 24.1 Å². The minimum Gasteiger partial charge on any atom is -0.341 e. The Kier molecular flexibility index (Phi) is 2.46. The molecule has 16 heavy (non-hydrogen) atoms. The van der Waals surface area contributed by atoms with E-state index in [1.54, 1.807) is 0 Å². The molecule has 1 aromatic heterocycles. The number of hydrogen-bond acceptors (Lipinski definition) is 2. The van der Waals surface area contributed by atoms with Gasteiger partial charge in [-0.15, -0.1) is 0 Å². The molecule has 2 N–H and O–H groups in total. The van der Waals surface area contributed by atoms with Crippen molar-refractivity contribution in [3.63, 3.8) is 0 Å². The smallest absolute Gasteiger partial charge is 0.120 e. The molecule has 0 saturated heterocycles. The third kappa shape index (κ3) is 2.14. The van der Waals surface area contributed by atoms with Crippen LogP contribution in [-0.4, -0.2) is 16.0 Å². The second-order valence-electron chi connectivity index (χ2n) is 4.26. The van der Waals surface area contributed by atoms with Crippen molar-refractivity contribution < 1.29 is 0 Å². The Morgan fingerprint density at radius 1 is 1.25 bits per heavy atom. The van der Waals surface area contributed by atoms with Crippen molar-refractivity contribution in [2.24, 2.45) is 0 Å². The van der Waals surface area contributed by atoms with Crippen LogP contribution in [0.1, 0.15) is 18.7 Å². The van der Waals surface area contributed by atoms with Gasteiger partial charge in [-0.05, 0) is 18.4 Å². The van der Waals surface area contributed by atoms with Gasteiger partial charge < -0.3 is 10.3 Å². The molecule has 1 aliphatic carbocycles. The Hall–Kier alpha value is -1.61. The first-order chi connectivity index (χ1) is 7.92. The monoisotopic (exact) mass is 213 g/mol. The fourth-order valence-electron chi connectivity index (χ4n) is 1.75. The van der Waals surface area contributed by atoms with Gasteiger partial charge in [0.1, 0.15) is 5.82 Å². The lowest BCUT2D eigenvalue weighted by Gasteiger charge is -1.98. The molecule has 1 aliphatic rings. The fourth-order valence-corrected chi connectivity index (χ4v) is 1.75. The molecule has 1 saturated carbocycles. The number of rotatable bonds is 4. The largest absolute Gasteiger partial charge is 0.341 e. The molecule has 0 unspecified atom stereocenters. The minimum atomic E-state index is 0.727. The van der Waals surface area contributed by atoms with Gasteiger partial charge in [0.25, 0.3) is 0 Å². The Morgan fingerprint density at radius 3 is 2.81 bits per heavy atom. The predicted molar refractivity (Wildman–Crippen MR) is 63.9 cm³/mol. The molecule has 0 atom stereocenters. The molecular formula is C13H15N3. The van der Waals surface area contributed by atoms with Crippen LogP contribution in [0.15, 0.2) is 36.5 Å². The van der Waals surface area contributed by atoms with E-state index < -0.39 is 0 Å². The SMILES string of the molecule is c1ccc(-c2cnc(CNC3CC3)[nH]2)cc1. The zero-order valence-corrected chi connectivity index (χ0v) is 9.11. The quantitative estimate of drug-likeness (QED) is 0.818. The Morgan fingerprint density at radius 2 is 2.06 bits per heavy atom. The van der Waals surface area contributed by atoms with Crippen molar-refractivity contribution in [1.29, 1.82) is 0 Å². The van der Waals surface area contributed by atoms with Gasteiger partial charge >= 0.3 is 0 Å². The molecule has 1 aromatic carbocycles. The van der Waals surface area contributed by atoms with Crippen molar-refractivity contribution in [2.45, 2.75) is 25.4 Å². The molecule has 3 heteroatoms. The Bertz CT molecular complexity index is 457. The van der Waals surface area contributed by atoms with Crippen LogP contribution in [-0.2, 0) is 6.54 Å². The maximum Gasteiger partial charge on any atom is 0.120 e. The van der Waals surface area contributed by atoms with E-state index in [0.29, 0.717) is 0 Å². The Labute approximate surface area is 94.9 Å². The van der Waals surface area contributed by atoms with E-state index in [1.165, 1.54) is 18.4 Å². The van der Waals surface area contributed by atoms with Gasteiger partial charge in [0.2, 0.25) is 0 Å². The molecule has 0 spiro atoms. The second kappa shape index (κ2) is 4.10. The normalized spacial score (nSPS) is 15.2. The summed E-state index contributed by atoms with van der Waals surface area (Å²) in [5.41, 5.74) is 2.28. The highest BCUT2D eigenvalue weighted by molar-refractivity contribution is 5.57. The summed E-state index contributed by atoms with van der Waals surface area (Å²) < 4.78 is 0. The second-order valence-corrected chi connectivity index (χ2v) is 4.26. The molecule has 0 bridgehead atoms. The number of benzene rings is 1. The average molecular weight is 213 g/mol. The third-order valence-corrected chi connectivity index (χ3v) is 2.85. The molecule has 0 aliphatic heterocycles. The fraction of sp³-hybridized carbons (Fsp3) is 0.308. The number of imidazole rings is 1. The van der Waals surface area contributed by atoms with Crippen LogP contribution in [0.4, 0.5) is 0 Å². The highest BCUT2D eigenvalue weighted by Gasteiger charge is 2.20. The van der Waals surface area contributed by atoms with E-state index in [-0.39, 0.29) is 0 Å². The molecule has 1 heterocycles. The highest BCUT2D eigenvalue weighted by atomic mass is 15.0. The number of hydrogen-bond donors (Lipinski definition) is 2. The van der Waals surface area contributed by atoms with Gasteiger partial charge in [0, 0.05) is 6.04 Å². The summed E-state index contributed by atoms with van der Waals surface area (Å²) in [6, 6.07) is 11.0. The molecule has 2 aromatic rings. The first-order valence-corrected chi connectivity index (χ1v) is 5.74. The van der Waals surface area contributed by atoms with Gasteiger partial charge in [0.05, 0.1) is 18.4 Å². The number of H-pyrrole nitrogens is 1. The van der Waals surface area contributed by atoms with Gasteiger partial charge in [0.15, 0.2) is 0 Å². The lowest BCUT2D eigenvalue weighted by Crippen LogP contribution is -2.16. The first-order valence-electron chi connectivity index (χ1n) is 5.74. The molecule has 0 amide bonds. The van der Waals surface area contributed by atoms with E-state index >= 15 is 0 Å². The number of nitrogens with zero attached hydrogens (tertiary/aromatic N) is 1. The van der Waals surface area contributed by atoms with Crippen LogP contribution >= 0.6 is 0 Å². The molecule has 1 fully saturated rings. The summed E-state index contributed by atoms with van der Waals surface area (Å²) in [5.74, 6) is 1.02. The van der Waals surface area contributed by atoms with Gasteiger partial charge in [-0.3, -0.25) is 0 Å². The number of aromatic nitrogens is 2. The summed E-state index contributed by atoms with van der Waals surface area (Å²) in [4.78, 5) is 7.71. The van der Waals surface area contributed by atoms with E-state index in [2.05, 4.69) is 27.4 Å². The van der Waals surface area contributed by atoms with Crippen LogP contribution in [0.5, 0.6) is 0 Å². The van der Waals surface area contributed by atoms with Crippen LogP contribution in [0, 0.1) is 0 Å². The van der Waals surface area contributed by atoms with E-state index in [4.69, 9.17) is 0 Å². The number of aromatic amines is 1. The third-order valence-electron chi connectivity index (χ3n) is 2.85. The zero-order chi connectivity index (χ0) is 10.8. The zero-order valence-electron chi connectivity index (χ0n) is 9.11.